The first-order valence-corrected chi connectivity index (χ1v) is 7.73. The number of carboxylic acids is 1. The maximum Gasteiger partial charge on any atom is 0.308 e. The molecule has 3 saturated heterocycles. The van der Waals surface area contributed by atoms with E-state index in [1.54, 1.807) is 0 Å². The number of nitrogens with zero attached hydrogens (tertiary/aromatic N) is 1. The molecule has 112 valence electrons. The van der Waals surface area contributed by atoms with E-state index in [0.29, 0.717) is 6.42 Å². The predicted octanol–water partition coefficient (Wildman–Crippen LogP) is 1.09. The van der Waals surface area contributed by atoms with Crippen molar-refractivity contribution in [3.8, 4) is 0 Å². The van der Waals surface area contributed by atoms with Gasteiger partial charge in [0.1, 0.15) is 0 Å². The summed E-state index contributed by atoms with van der Waals surface area (Å²) in [4.78, 5) is 26.4. The molecule has 0 saturated carbocycles. The largest absolute Gasteiger partial charge is 0.481 e. The molecule has 5 nitrogen and oxygen atoms in total. The SMILES string of the molecule is CC(C)C1(C(=O)N2C3CCC2C(C(=O)O)C3)CCNC1. The molecule has 0 radical (unpaired) electrons. The second-order valence-electron chi connectivity index (χ2n) is 6.93. The highest BCUT2D eigenvalue weighted by molar-refractivity contribution is 5.86. The molecule has 3 rings (SSSR count). The van der Waals surface area contributed by atoms with Crippen LogP contribution in [-0.2, 0) is 9.59 Å². The van der Waals surface area contributed by atoms with Crippen LogP contribution >= 0.6 is 0 Å². The van der Waals surface area contributed by atoms with Gasteiger partial charge in [-0.2, -0.15) is 0 Å². The normalized spacial score (nSPS) is 39.8. The van der Waals surface area contributed by atoms with Gasteiger partial charge in [0.25, 0.3) is 0 Å². The van der Waals surface area contributed by atoms with Crippen LogP contribution in [0.4, 0.5) is 0 Å². The third-order valence-electron chi connectivity index (χ3n) is 5.81. The van der Waals surface area contributed by atoms with E-state index in [1.807, 2.05) is 4.90 Å². The zero-order valence-electron chi connectivity index (χ0n) is 12.3. The molecule has 0 aromatic carbocycles. The third kappa shape index (κ3) is 1.79. The Morgan fingerprint density at radius 2 is 2.10 bits per heavy atom. The molecule has 3 aliphatic heterocycles. The Morgan fingerprint density at radius 3 is 2.60 bits per heavy atom. The first-order chi connectivity index (χ1) is 9.47. The van der Waals surface area contributed by atoms with Crippen LogP contribution in [0.5, 0.6) is 0 Å². The van der Waals surface area contributed by atoms with Crippen LogP contribution < -0.4 is 5.32 Å². The molecule has 2 bridgehead atoms. The van der Waals surface area contributed by atoms with Gasteiger partial charge in [0.05, 0.1) is 11.3 Å². The van der Waals surface area contributed by atoms with E-state index in [4.69, 9.17) is 0 Å². The summed E-state index contributed by atoms with van der Waals surface area (Å²) in [6.07, 6.45) is 3.35. The minimum absolute atomic E-state index is 0.0683. The molecule has 4 unspecified atom stereocenters. The highest BCUT2D eigenvalue weighted by Gasteiger charge is 2.56. The molecule has 0 spiro atoms. The van der Waals surface area contributed by atoms with E-state index < -0.39 is 5.97 Å². The van der Waals surface area contributed by atoms with Gasteiger partial charge < -0.3 is 15.3 Å². The Bertz CT molecular complexity index is 429. The average Bonchev–Trinajstić information content (AvgIpc) is 3.12. The first kappa shape index (κ1) is 13.9. The third-order valence-corrected chi connectivity index (χ3v) is 5.81. The van der Waals surface area contributed by atoms with Gasteiger partial charge in [-0.15, -0.1) is 0 Å². The molecule has 3 fully saturated rings. The molecular weight excluding hydrogens is 256 g/mol. The maximum absolute atomic E-state index is 13.1. The zero-order valence-corrected chi connectivity index (χ0v) is 12.3. The van der Waals surface area contributed by atoms with Crippen molar-refractivity contribution in [1.82, 2.24) is 10.2 Å². The van der Waals surface area contributed by atoms with Gasteiger partial charge >= 0.3 is 5.97 Å². The summed E-state index contributed by atoms with van der Waals surface area (Å²) in [6, 6.07) is 0.0889. The lowest BCUT2D eigenvalue weighted by molar-refractivity contribution is -0.147. The topological polar surface area (TPSA) is 69.6 Å². The summed E-state index contributed by atoms with van der Waals surface area (Å²) in [6.45, 7) is 5.84. The second kappa shape index (κ2) is 4.72. The van der Waals surface area contributed by atoms with Gasteiger partial charge in [0, 0.05) is 18.6 Å². The Balaban J connectivity index is 1.86. The standard InChI is InChI=1S/C15H24N2O3/c1-9(2)15(5-6-16-8-15)14(20)17-10-3-4-12(17)11(7-10)13(18)19/h9-12,16H,3-8H2,1-2H3,(H,18,19). The molecule has 3 heterocycles. The first-order valence-electron chi connectivity index (χ1n) is 7.73. The number of fused-ring (bicyclic) bond motifs is 2. The number of hydrogen-bond acceptors (Lipinski definition) is 3. The van der Waals surface area contributed by atoms with E-state index >= 15 is 0 Å². The summed E-state index contributed by atoms with van der Waals surface area (Å²) < 4.78 is 0. The number of aliphatic carboxylic acids is 1. The van der Waals surface area contributed by atoms with Crippen molar-refractivity contribution in [1.29, 1.82) is 0 Å². The maximum atomic E-state index is 13.1. The molecule has 20 heavy (non-hydrogen) atoms. The molecule has 0 aliphatic carbocycles. The molecule has 3 aliphatic rings. The van der Waals surface area contributed by atoms with Crippen LogP contribution in [0.25, 0.3) is 0 Å². The smallest absolute Gasteiger partial charge is 0.308 e. The highest BCUT2D eigenvalue weighted by atomic mass is 16.4. The predicted molar refractivity (Wildman–Crippen MR) is 74.2 cm³/mol. The van der Waals surface area contributed by atoms with Gasteiger partial charge in [-0.05, 0) is 38.1 Å². The molecule has 5 heteroatoms. The van der Waals surface area contributed by atoms with E-state index in [0.717, 1.165) is 32.4 Å². The van der Waals surface area contributed by atoms with Gasteiger partial charge in [-0.3, -0.25) is 9.59 Å². The summed E-state index contributed by atoms with van der Waals surface area (Å²) in [5.74, 6) is -0.601. The Kier molecular flexibility index (Phi) is 3.27. The van der Waals surface area contributed by atoms with Crippen molar-refractivity contribution >= 4 is 11.9 Å². The number of amides is 1. The summed E-state index contributed by atoms with van der Waals surface area (Å²) in [5.41, 5.74) is -0.325. The van der Waals surface area contributed by atoms with Gasteiger partial charge in [-0.1, -0.05) is 13.8 Å². The lowest BCUT2D eigenvalue weighted by Gasteiger charge is -2.37. The zero-order chi connectivity index (χ0) is 14.5. The van der Waals surface area contributed by atoms with Gasteiger partial charge in [0.2, 0.25) is 5.91 Å². The van der Waals surface area contributed by atoms with Gasteiger partial charge in [-0.25, -0.2) is 0 Å². The van der Waals surface area contributed by atoms with Crippen LogP contribution in [-0.4, -0.2) is 47.1 Å². The van der Waals surface area contributed by atoms with Crippen molar-refractivity contribution in [3.63, 3.8) is 0 Å². The van der Waals surface area contributed by atoms with Crippen LogP contribution in [0.2, 0.25) is 0 Å². The Morgan fingerprint density at radius 1 is 1.35 bits per heavy atom. The van der Waals surface area contributed by atoms with Crippen LogP contribution in [0.1, 0.15) is 39.5 Å². The van der Waals surface area contributed by atoms with Gasteiger partial charge in [0.15, 0.2) is 0 Å². The lowest BCUT2D eigenvalue weighted by Crippen LogP contribution is -2.50. The number of carboxylic acid groups (broad SMARTS) is 1. The lowest BCUT2D eigenvalue weighted by atomic mass is 9.75. The molecule has 1 amide bonds. The fourth-order valence-corrected chi connectivity index (χ4v) is 4.46. The second-order valence-corrected chi connectivity index (χ2v) is 6.93. The molecule has 0 aromatic heterocycles. The average molecular weight is 280 g/mol. The molecule has 0 aromatic rings. The molecular formula is C15H24N2O3. The highest BCUT2D eigenvalue weighted by Crippen LogP contribution is 2.46. The Labute approximate surface area is 119 Å². The van der Waals surface area contributed by atoms with Crippen molar-refractivity contribution in [2.75, 3.05) is 13.1 Å². The Hall–Kier alpha value is -1.10. The van der Waals surface area contributed by atoms with E-state index in [1.165, 1.54) is 0 Å². The summed E-state index contributed by atoms with van der Waals surface area (Å²) in [7, 11) is 0. The fourth-order valence-electron chi connectivity index (χ4n) is 4.46. The number of nitrogens with one attached hydrogen (secondary N) is 1. The van der Waals surface area contributed by atoms with Crippen LogP contribution in [0.3, 0.4) is 0 Å². The molecule has 2 N–H and O–H groups in total. The fraction of sp³-hybridized carbons (Fsp3) is 0.867. The minimum Gasteiger partial charge on any atom is -0.481 e. The number of carbonyl (C=O) groups excluding carboxylic acids is 1. The van der Waals surface area contributed by atoms with E-state index in [-0.39, 0.29) is 35.2 Å². The van der Waals surface area contributed by atoms with Crippen molar-refractivity contribution < 1.29 is 14.7 Å². The van der Waals surface area contributed by atoms with E-state index in [9.17, 15) is 14.7 Å². The minimum atomic E-state index is -0.738. The number of hydrogen-bond donors (Lipinski definition) is 2. The summed E-state index contributed by atoms with van der Waals surface area (Å²) in [5, 5.41) is 12.6. The van der Waals surface area contributed by atoms with Crippen molar-refractivity contribution in [2.24, 2.45) is 17.3 Å². The van der Waals surface area contributed by atoms with E-state index in [2.05, 4.69) is 19.2 Å². The number of rotatable bonds is 3. The summed E-state index contributed by atoms with van der Waals surface area (Å²) >= 11 is 0. The van der Waals surface area contributed by atoms with Crippen molar-refractivity contribution in [3.05, 3.63) is 0 Å². The van der Waals surface area contributed by atoms with Crippen molar-refractivity contribution in [2.45, 2.75) is 51.6 Å². The quantitative estimate of drug-likeness (QED) is 0.812. The monoisotopic (exact) mass is 280 g/mol. The number of carbonyl (C=O) groups is 2. The molecule has 4 atom stereocenters. The van der Waals surface area contributed by atoms with Crippen LogP contribution in [0, 0.1) is 17.3 Å². The van der Waals surface area contributed by atoms with Crippen LogP contribution in [0.15, 0.2) is 0 Å².